The molecule has 0 saturated heterocycles. The Balaban J connectivity index is 2.56. The van der Waals surface area contributed by atoms with E-state index < -0.39 is 0 Å². The Labute approximate surface area is 96.2 Å². The van der Waals surface area contributed by atoms with Crippen molar-refractivity contribution in [2.24, 2.45) is 11.7 Å². The fraction of sp³-hybridized carbons (Fsp3) is 0.556. The quantitative estimate of drug-likeness (QED) is 0.853. The molecule has 0 fully saturated rings. The van der Waals surface area contributed by atoms with Gasteiger partial charge in [0.15, 0.2) is 0 Å². The minimum absolute atomic E-state index is 0.533. The molecule has 0 saturated carbocycles. The third kappa shape index (κ3) is 3.62. The molecule has 0 aliphatic heterocycles. The van der Waals surface area contributed by atoms with Crippen molar-refractivity contribution in [2.75, 3.05) is 6.54 Å². The van der Waals surface area contributed by atoms with Crippen molar-refractivity contribution in [3.05, 3.63) is 15.9 Å². The van der Waals surface area contributed by atoms with Crippen LogP contribution in [0.1, 0.15) is 13.8 Å². The van der Waals surface area contributed by atoms with E-state index in [9.17, 15) is 0 Å². The molecule has 1 aromatic rings. The van der Waals surface area contributed by atoms with E-state index in [1.54, 1.807) is 11.3 Å². The van der Waals surface area contributed by atoms with E-state index in [4.69, 9.17) is 5.73 Å². The lowest BCUT2D eigenvalue weighted by molar-refractivity contribution is 0.613. The zero-order valence-corrected chi connectivity index (χ0v) is 11.0. The average molecular weight is 280 g/mol. The van der Waals surface area contributed by atoms with Crippen molar-refractivity contribution in [2.45, 2.75) is 23.3 Å². The van der Waals surface area contributed by atoms with Crippen LogP contribution in [0.25, 0.3) is 0 Å². The third-order valence-electron chi connectivity index (χ3n) is 1.79. The average Bonchev–Trinajstić information content (AvgIpc) is 2.46. The fourth-order valence-corrected chi connectivity index (χ4v) is 4.05. The zero-order valence-electron chi connectivity index (χ0n) is 7.79. The first kappa shape index (κ1) is 11.6. The second-order valence-electron chi connectivity index (χ2n) is 3.19. The van der Waals surface area contributed by atoms with Crippen LogP contribution in [0.4, 0.5) is 0 Å². The molecule has 1 rings (SSSR count). The first-order valence-corrected chi connectivity index (χ1v) is 6.74. The van der Waals surface area contributed by atoms with Crippen molar-refractivity contribution >= 4 is 39.0 Å². The summed E-state index contributed by atoms with van der Waals surface area (Å²) < 4.78 is 2.53. The molecule has 2 N–H and O–H groups in total. The molecular formula is C9H14BrNS2. The molecule has 4 heteroatoms. The summed E-state index contributed by atoms with van der Waals surface area (Å²) in [5.41, 5.74) is 5.70. The van der Waals surface area contributed by atoms with Gasteiger partial charge in [0, 0.05) is 11.8 Å². The van der Waals surface area contributed by atoms with Crippen molar-refractivity contribution in [3.63, 3.8) is 0 Å². The van der Waals surface area contributed by atoms with E-state index in [-0.39, 0.29) is 0 Å². The number of thiophene rings is 1. The third-order valence-corrected chi connectivity index (χ3v) is 5.16. The maximum absolute atomic E-state index is 5.70. The van der Waals surface area contributed by atoms with Gasteiger partial charge in [-0.05, 0) is 34.0 Å². The normalized spacial score (nSPS) is 13.6. The Hall–Kier alpha value is 0.490. The highest BCUT2D eigenvalue weighted by atomic mass is 79.9. The van der Waals surface area contributed by atoms with Gasteiger partial charge in [-0.1, -0.05) is 13.8 Å². The molecule has 1 atom stereocenters. The van der Waals surface area contributed by atoms with Crippen LogP contribution >= 0.6 is 39.0 Å². The molecule has 0 bridgehead atoms. The fourth-order valence-electron chi connectivity index (χ4n) is 0.967. The van der Waals surface area contributed by atoms with Gasteiger partial charge in [-0.25, -0.2) is 0 Å². The lowest BCUT2D eigenvalue weighted by atomic mass is 10.1. The van der Waals surface area contributed by atoms with E-state index in [1.165, 1.54) is 8.00 Å². The van der Waals surface area contributed by atoms with E-state index in [0.717, 1.165) is 6.54 Å². The number of hydrogen-bond acceptors (Lipinski definition) is 3. The first-order chi connectivity index (χ1) is 6.13. The zero-order chi connectivity index (χ0) is 9.84. The van der Waals surface area contributed by atoms with Crippen LogP contribution < -0.4 is 5.73 Å². The van der Waals surface area contributed by atoms with Crippen LogP contribution in [0.2, 0.25) is 0 Å². The summed E-state index contributed by atoms with van der Waals surface area (Å²) in [6.07, 6.45) is 0. The Kier molecular flexibility index (Phi) is 4.80. The van der Waals surface area contributed by atoms with Gasteiger partial charge in [0.25, 0.3) is 0 Å². The van der Waals surface area contributed by atoms with Crippen molar-refractivity contribution in [1.82, 2.24) is 0 Å². The summed E-state index contributed by atoms with van der Waals surface area (Å²) in [7, 11) is 0. The minimum Gasteiger partial charge on any atom is -0.329 e. The number of nitrogens with two attached hydrogens (primary N) is 1. The summed E-state index contributed by atoms with van der Waals surface area (Å²) in [5.74, 6) is 0.635. The molecule has 0 radical (unpaired) electrons. The van der Waals surface area contributed by atoms with Crippen molar-refractivity contribution in [3.8, 4) is 0 Å². The largest absolute Gasteiger partial charge is 0.329 e. The van der Waals surface area contributed by atoms with Gasteiger partial charge in [0.05, 0.1) is 8.00 Å². The maximum Gasteiger partial charge on any atom is 0.0710 e. The highest BCUT2D eigenvalue weighted by molar-refractivity contribution is 9.11. The van der Waals surface area contributed by atoms with Crippen LogP contribution in [0.5, 0.6) is 0 Å². The lowest BCUT2D eigenvalue weighted by Crippen LogP contribution is -2.21. The van der Waals surface area contributed by atoms with Crippen molar-refractivity contribution in [1.29, 1.82) is 0 Å². The maximum atomic E-state index is 5.70. The molecule has 74 valence electrons. The summed E-state index contributed by atoms with van der Waals surface area (Å²) in [6, 6.07) is 4.23. The predicted molar refractivity (Wildman–Crippen MR) is 65.6 cm³/mol. The molecule has 1 aromatic heterocycles. The SMILES string of the molecule is CC(C)C(CN)Sc1ccc(Br)s1. The smallest absolute Gasteiger partial charge is 0.0710 e. The van der Waals surface area contributed by atoms with Gasteiger partial charge in [-0.2, -0.15) is 0 Å². The topological polar surface area (TPSA) is 26.0 Å². The van der Waals surface area contributed by atoms with Crippen LogP contribution in [-0.2, 0) is 0 Å². The number of hydrogen-bond donors (Lipinski definition) is 1. The Morgan fingerprint density at radius 3 is 2.62 bits per heavy atom. The second kappa shape index (κ2) is 5.39. The Morgan fingerprint density at radius 2 is 2.23 bits per heavy atom. The standard InChI is InChI=1S/C9H14BrNS2/c1-6(2)7(5-11)12-9-4-3-8(10)13-9/h3-4,6-7H,5,11H2,1-2H3. The van der Waals surface area contributed by atoms with Gasteiger partial charge in [-0.15, -0.1) is 23.1 Å². The van der Waals surface area contributed by atoms with E-state index in [2.05, 4.69) is 41.9 Å². The van der Waals surface area contributed by atoms with E-state index in [1.807, 2.05) is 11.8 Å². The van der Waals surface area contributed by atoms with Crippen LogP contribution in [0.15, 0.2) is 20.1 Å². The van der Waals surface area contributed by atoms with Gasteiger partial charge < -0.3 is 5.73 Å². The highest BCUT2D eigenvalue weighted by Crippen LogP contribution is 2.34. The summed E-state index contributed by atoms with van der Waals surface area (Å²) in [5, 5.41) is 0.533. The molecule has 1 nitrogen and oxygen atoms in total. The predicted octanol–water partition coefficient (Wildman–Crippen LogP) is 3.59. The number of rotatable bonds is 4. The lowest BCUT2D eigenvalue weighted by Gasteiger charge is -2.16. The minimum atomic E-state index is 0.533. The van der Waals surface area contributed by atoms with Gasteiger partial charge in [0.1, 0.15) is 0 Å². The van der Waals surface area contributed by atoms with Crippen LogP contribution in [-0.4, -0.2) is 11.8 Å². The van der Waals surface area contributed by atoms with Crippen LogP contribution in [0, 0.1) is 5.92 Å². The van der Waals surface area contributed by atoms with Crippen molar-refractivity contribution < 1.29 is 0 Å². The summed E-state index contributed by atoms with van der Waals surface area (Å²) in [4.78, 5) is 0. The van der Waals surface area contributed by atoms with E-state index in [0.29, 0.717) is 11.2 Å². The monoisotopic (exact) mass is 279 g/mol. The highest BCUT2D eigenvalue weighted by Gasteiger charge is 2.13. The molecule has 0 spiro atoms. The van der Waals surface area contributed by atoms with E-state index >= 15 is 0 Å². The molecule has 13 heavy (non-hydrogen) atoms. The first-order valence-electron chi connectivity index (χ1n) is 4.25. The summed E-state index contributed by atoms with van der Waals surface area (Å²) >= 11 is 7.11. The molecular weight excluding hydrogens is 266 g/mol. The number of halogens is 1. The Morgan fingerprint density at radius 1 is 1.54 bits per heavy atom. The van der Waals surface area contributed by atoms with Gasteiger partial charge in [0.2, 0.25) is 0 Å². The molecule has 0 aliphatic carbocycles. The molecule has 0 aromatic carbocycles. The molecule has 0 amide bonds. The second-order valence-corrected chi connectivity index (χ2v) is 7.20. The Bertz CT molecular complexity index is 260. The van der Waals surface area contributed by atoms with Crippen LogP contribution in [0.3, 0.4) is 0 Å². The summed E-state index contributed by atoms with van der Waals surface area (Å²) in [6.45, 7) is 5.18. The number of thioether (sulfide) groups is 1. The van der Waals surface area contributed by atoms with Gasteiger partial charge in [-0.3, -0.25) is 0 Å². The van der Waals surface area contributed by atoms with Gasteiger partial charge >= 0.3 is 0 Å². The molecule has 1 unspecified atom stereocenters. The molecule has 0 aliphatic rings. The molecule has 1 heterocycles.